The summed E-state index contributed by atoms with van der Waals surface area (Å²) >= 11 is 0. The minimum absolute atomic E-state index is 0.300. The van der Waals surface area contributed by atoms with Gasteiger partial charge in [-0.3, -0.25) is 4.90 Å². The van der Waals surface area contributed by atoms with E-state index in [1.54, 1.807) is 0 Å². The van der Waals surface area contributed by atoms with Crippen LogP contribution < -0.4 is 5.73 Å². The predicted octanol–water partition coefficient (Wildman–Crippen LogP) is 3.82. The van der Waals surface area contributed by atoms with Crippen molar-refractivity contribution in [3.05, 3.63) is 48.0 Å². The topological polar surface area (TPSA) is 29.3 Å². The van der Waals surface area contributed by atoms with Crippen molar-refractivity contribution in [1.82, 2.24) is 4.90 Å². The van der Waals surface area contributed by atoms with Crippen LogP contribution in [-0.4, -0.2) is 24.5 Å². The van der Waals surface area contributed by atoms with Crippen LogP contribution in [0.25, 0.3) is 10.8 Å². The highest BCUT2D eigenvalue weighted by molar-refractivity contribution is 5.86. The molecular formula is C18H26N2. The van der Waals surface area contributed by atoms with Crippen molar-refractivity contribution in [2.24, 2.45) is 11.7 Å². The van der Waals surface area contributed by atoms with Crippen molar-refractivity contribution in [3.8, 4) is 0 Å². The van der Waals surface area contributed by atoms with Crippen LogP contribution in [0.15, 0.2) is 42.5 Å². The Balaban J connectivity index is 2.43. The van der Waals surface area contributed by atoms with E-state index in [2.05, 4.69) is 68.1 Å². The van der Waals surface area contributed by atoms with Crippen LogP contribution in [0, 0.1) is 5.92 Å². The van der Waals surface area contributed by atoms with Gasteiger partial charge < -0.3 is 5.73 Å². The first-order valence-corrected chi connectivity index (χ1v) is 7.59. The number of fused-ring (bicyclic) bond motifs is 1. The van der Waals surface area contributed by atoms with E-state index in [0.29, 0.717) is 18.5 Å². The summed E-state index contributed by atoms with van der Waals surface area (Å²) in [5.41, 5.74) is 7.46. The molecule has 0 heterocycles. The predicted molar refractivity (Wildman–Crippen MR) is 87.8 cm³/mol. The van der Waals surface area contributed by atoms with Crippen molar-refractivity contribution in [2.75, 3.05) is 19.6 Å². The molecule has 2 N–H and O–H groups in total. The molecule has 1 atom stereocenters. The third-order valence-electron chi connectivity index (χ3n) is 3.85. The third-order valence-corrected chi connectivity index (χ3v) is 3.85. The number of hydrogen-bond donors (Lipinski definition) is 1. The fourth-order valence-electron chi connectivity index (χ4n) is 2.96. The zero-order valence-electron chi connectivity index (χ0n) is 12.8. The largest absolute Gasteiger partial charge is 0.329 e. The number of benzene rings is 2. The van der Waals surface area contributed by atoms with Crippen molar-refractivity contribution in [1.29, 1.82) is 0 Å². The maximum absolute atomic E-state index is 6.11. The van der Waals surface area contributed by atoms with Gasteiger partial charge in [-0.25, -0.2) is 0 Å². The lowest BCUT2D eigenvalue weighted by Gasteiger charge is -2.32. The zero-order valence-corrected chi connectivity index (χ0v) is 12.8. The second kappa shape index (κ2) is 6.87. The van der Waals surface area contributed by atoms with Crippen LogP contribution in [0.1, 0.15) is 32.4 Å². The molecule has 0 radical (unpaired) electrons. The van der Waals surface area contributed by atoms with Gasteiger partial charge in [0.2, 0.25) is 0 Å². The van der Waals surface area contributed by atoms with Crippen LogP contribution in [0.5, 0.6) is 0 Å². The second-order valence-electron chi connectivity index (χ2n) is 5.80. The summed E-state index contributed by atoms with van der Waals surface area (Å²) in [6, 6.07) is 15.4. The number of hydrogen-bond acceptors (Lipinski definition) is 2. The standard InChI is InChI=1S/C18H26N2/c1-4-20(13-14(2)3)18(12-19)17-11-7-9-15-8-5-6-10-16(15)17/h5-11,14,18H,4,12-13,19H2,1-3H3. The molecule has 2 aromatic rings. The first kappa shape index (κ1) is 15.0. The number of rotatable bonds is 6. The lowest BCUT2D eigenvalue weighted by molar-refractivity contribution is 0.190. The average Bonchev–Trinajstić information content (AvgIpc) is 2.46. The first-order chi connectivity index (χ1) is 9.67. The molecule has 0 saturated carbocycles. The van der Waals surface area contributed by atoms with Gasteiger partial charge >= 0.3 is 0 Å². The molecule has 0 spiro atoms. The van der Waals surface area contributed by atoms with E-state index in [1.807, 2.05) is 0 Å². The van der Waals surface area contributed by atoms with Gasteiger partial charge in [0.05, 0.1) is 0 Å². The second-order valence-corrected chi connectivity index (χ2v) is 5.80. The minimum Gasteiger partial charge on any atom is -0.329 e. The molecule has 2 rings (SSSR count). The average molecular weight is 270 g/mol. The highest BCUT2D eigenvalue weighted by Gasteiger charge is 2.20. The SMILES string of the molecule is CCN(CC(C)C)C(CN)c1cccc2ccccc12. The summed E-state index contributed by atoms with van der Waals surface area (Å²) in [7, 11) is 0. The zero-order chi connectivity index (χ0) is 14.5. The monoisotopic (exact) mass is 270 g/mol. The summed E-state index contributed by atoms with van der Waals surface area (Å²) in [6.07, 6.45) is 0. The molecule has 2 nitrogen and oxygen atoms in total. The summed E-state index contributed by atoms with van der Waals surface area (Å²) in [5.74, 6) is 0.652. The van der Waals surface area contributed by atoms with Gasteiger partial charge in [-0.15, -0.1) is 0 Å². The van der Waals surface area contributed by atoms with Gasteiger partial charge in [-0.05, 0) is 28.8 Å². The summed E-state index contributed by atoms with van der Waals surface area (Å²) in [6.45, 7) is 9.52. The fraction of sp³-hybridized carbons (Fsp3) is 0.444. The molecule has 2 aromatic carbocycles. The molecule has 0 saturated heterocycles. The van der Waals surface area contributed by atoms with Crippen molar-refractivity contribution in [2.45, 2.75) is 26.8 Å². The van der Waals surface area contributed by atoms with E-state index in [4.69, 9.17) is 5.73 Å². The normalized spacial score (nSPS) is 13.3. The van der Waals surface area contributed by atoms with E-state index in [-0.39, 0.29) is 0 Å². The Hall–Kier alpha value is -1.38. The van der Waals surface area contributed by atoms with Crippen LogP contribution >= 0.6 is 0 Å². The lowest BCUT2D eigenvalue weighted by atomic mass is 9.97. The molecule has 0 aliphatic carbocycles. The number of likely N-dealkylation sites (N-methyl/N-ethyl adjacent to an activating group) is 1. The van der Waals surface area contributed by atoms with Crippen molar-refractivity contribution in [3.63, 3.8) is 0 Å². The Kier molecular flexibility index (Phi) is 5.16. The van der Waals surface area contributed by atoms with Gasteiger partial charge in [-0.1, -0.05) is 63.2 Å². The molecule has 0 bridgehead atoms. The number of nitrogens with two attached hydrogens (primary N) is 1. The van der Waals surface area contributed by atoms with Gasteiger partial charge in [-0.2, -0.15) is 0 Å². The molecule has 0 fully saturated rings. The van der Waals surface area contributed by atoms with Crippen LogP contribution in [0.3, 0.4) is 0 Å². The Morgan fingerprint density at radius 2 is 1.75 bits per heavy atom. The molecule has 1 unspecified atom stereocenters. The third kappa shape index (κ3) is 3.20. The van der Waals surface area contributed by atoms with E-state index in [0.717, 1.165) is 13.1 Å². The maximum Gasteiger partial charge on any atom is 0.0476 e. The lowest BCUT2D eigenvalue weighted by Crippen LogP contribution is -2.36. The van der Waals surface area contributed by atoms with E-state index in [1.165, 1.54) is 16.3 Å². The maximum atomic E-state index is 6.11. The highest BCUT2D eigenvalue weighted by Crippen LogP contribution is 2.28. The molecule has 0 aromatic heterocycles. The molecule has 0 aliphatic rings. The number of nitrogens with zero attached hydrogens (tertiary/aromatic N) is 1. The molecular weight excluding hydrogens is 244 g/mol. The Bertz CT molecular complexity index is 543. The molecule has 20 heavy (non-hydrogen) atoms. The smallest absolute Gasteiger partial charge is 0.0476 e. The van der Waals surface area contributed by atoms with Gasteiger partial charge in [0.1, 0.15) is 0 Å². The van der Waals surface area contributed by atoms with E-state index >= 15 is 0 Å². The van der Waals surface area contributed by atoms with Crippen LogP contribution in [0.4, 0.5) is 0 Å². The van der Waals surface area contributed by atoms with Crippen molar-refractivity contribution < 1.29 is 0 Å². The summed E-state index contributed by atoms with van der Waals surface area (Å²) in [4.78, 5) is 2.49. The Morgan fingerprint density at radius 3 is 2.40 bits per heavy atom. The van der Waals surface area contributed by atoms with E-state index in [9.17, 15) is 0 Å². The van der Waals surface area contributed by atoms with Crippen molar-refractivity contribution >= 4 is 10.8 Å². The summed E-state index contributed by atoms with van der Waals surface area (Å²) in [5, 5.41) is 2.62. The quantitative estimate of drug-likeness (QED) is 0.864. The first-order valence-electron chi connectivity index (χ1n) is 7.59. The highest BCUT2D eigenvalue weighted by atomic mass is 15.2. The molecule has 108 valence electrons. The van der Waals surface area contributed by atoms with Crippen LogP contribution in [0.2, 0.25) is 0 Å². The summed E-state index contributed by atoms with van der Waals surface area (Å²) < 4.78 is 0. The molecule has 2 heteroatoms. The van der Waals surface area contributed by atoms with Gasteiger partial charge in [0, 0.05) is 19.1 Å². The Labute approximate surface area is 122 Å². The van der Waals surface area contributed by atoms with Gasteiger partial charge in [0.25, 0.3) is 0 Å². The fourth-order valence-corrected chi connectivity index (χ4v) is 2.96. The Morgan fingerprint density at radius 1 is 1.05 bits per heavy atom. The molecule has 0 amide bonds. The van der Waals surface area contributed by atoms with E-state index < -0.39 is 0 Å². The van der Waals surface area contributed by atoms with Gasteiger partial charge in [0.15, 0.2) is 0 Å². The minimum atomic E-state index is 0.300. The van der Waals surface area contributed by atoms with Crippen LogP contribution in [-0.2, 0) is 0 Å². The molecule has 0 aliphatic heterocycles.